The molecule has 1 heterocycles. The van der Waals surface area contributed by atoms with Crippen LogP contribution in [0.5, 0.6) is 0 Å². The maximum absolute atomic E-state index is 14.3. The first-order chi connectivity index (χ1) is 22.2. The van der Waals surface area contributed by atoms with E-state index < -0.39 is 69.1 Å². The number of likely N-dealkylation sites (N-methyl/N-ethyl adjacent to an activating group) is 1. The van der Waals surface area contributed by atoms with E-state index in [4.69, 9.17) is 5.73 Å². The van der Waals surface area contributed by atoms with Gasteiger partial charge >= 0.3 is 6.03 Å². The van der Waals surface area contributed by atoms with E-state index in [0.717, 1.165) is 17.1 Å². The zero-order valence-electron chi connectivity index (χ0n) is 28.9. The number of nitrogens with two attached hydrogens (primary N) is 1. The van der Waals surface area contributed by atoms with Gasteiger partial charge in [0.1, 0.15) is 12.1 Å². The molecule has 2 aliphatic carbocycles. The highest BCUT2D eigenvalue weighted by Crippen LogP contribution is 2.65. The predicted molar refractivity (Wildman–Crippen MR) is 180 cm³/mol. The fraction of sp³-hybridized carbons (Fsp3) is 0.618. The number of rotatable bonds is 14. The Kier molecular flexibility index (Phi) is 10.5. The van der Waals surface area contributed by atoms with Crippen molar-refractivity contribution in [3.05, 3.63) is 42.5 Å². The number of nitrogens with one attached hydrogen (secondary N) is 3. The summed E-state index contributed by atoms with van der Waals surface area (Å²) in [5.41, 5.74) is 4.78. The molecule has 3 aliphatic rings. The fourth-order valence-corrected chi connectivity index (χ4v) is 7.96. The largest absolute Gasteiger partial charge is 0.363 e. The Labute approximate surface area is 283 Å². The minimum atomic E-state index is -3.85. The Morgan fingerprint density at radius 2 is 1.65 bits per heavy atom. The molecule has 1 unspecified atom stereocenters. The number of amides is 5. The second kappa shape index (κ2) is 13.6. The first-order valence-electron chi connectivity index (χ1n) is 16.4. The van der Waals surface area contributed by atoms with E-state index in [1.165, 1.54) is 24.1 Å². The highest BCUT2D eigenvalue weighted by molar-refractivity contribution is 7.89. The number of piperidine rings is 1. The van der Waals surface area contributed by atoms with Gasteiger partial charge in [-0.3, -0.25) is 19.2 Å². The monoisotopic (exact) mass is 686 g/mol. The third-order valence-electron chi connectivity index (χ3n) is 10.1. The van der Waals surface area contributed by atoms with Gasteiger partial charge in [0.15, 0.2) is 0 Å². The molecule has 48 heavy (non-hydrogen) atoms. The number of Topliss-reactive ketones (excluding diaryl/α,β-unsaturated/α-hetero) is 1. The number of fused-ring (bicyclic) bond motifs is 1. The summed E-state index contributed by atoms with van der Waals surface area (Å²) in [5, 5.41) is 8.30. The molecule has 0 bridgehead atoms. The number of hydrogen-bond donors (Lipinski definition) is 4. The van der Waals surface area contributed by atoms with Crippen LogP contribution in [0.25, 0.3) is 0 Å². The van der Waals surface area contributed by atoms with E-state index in [2.05, 4.69) is 22.5 Å². The molecule has 1 aromatic rings. The lowest BCUT2D eigenvalue weighted by Crippen LogP contribution is -2.62. The molecule has 13 nitrogen and oxygen atoms in total. The lowest BCUT2D eigenvalue weighted by Gasteiger charge is -2.38. The molecule has 14 heteroatoms. The minimum absolute atomic E-state index is 0.0373. The number of nitrogens with zero attached hydrogens (tertiary/aromatic N) is 2. The van der Waals surface area contributed by atoms with Gasteiger partial charge in [-0.1, -0.05) is 77.8 Å². The molecule has 4 rings (SSSR count). The van der Waals surface area contributed by atoms with Crippen molar-refractivity contribution in [2.75, 3.05) is 20.1 Å². The van der Waals surface area contributed by atoms with Gasteiger partial charge in [-0.25, -0.2) is 13.2 Å². The standard InChI is InChI=1S/C34H50N6O7S/c1-19(2)24(18-39(8)48(46,47)21-12-10-9-11-13-21)37-32(45)38-28(33(3,4)5)31(44)40-17-22-25(34(22,6)7)26(40)30(43)36-23(16-20-14-15-20)27(41)29(35)42/h9-13,20,22-26,28H,1,14-18H2,2-8H3,(H2,35,42)(H,36,43)(H2,37,38,45)/t22-,23?,24+,25-,26-,28+/m0/s1. The zero-order chi connectivity index (χ0) is 35.9. The summed E-state index contributed by atoms with van der Waals surface area (Å²) >= 11 is 0. The number of primary amides is 1. The van der Waals surface area contributed by atoms with Crippen LogP contribution in [0.4, 0.5) is 4.79 Å². The second-order valence-electron chi connectivity index (χ2n) is 15.3. The summed E-state index contributed by atoms with van der Waals surface area (Å²) in [5.74, 6) is -2.88. The summed E-state index contributed by atoms with van der Waals surface area (Å²) in [7, 11) is -2.43. The maximum Gasteiger partial charge on any atom is 0.315 e. The van der Waals surface area contributed by atoms with Crippen LogP contribution < -0.4 is 21.7 Å². The first-order valence-corrected chi connectivity index (χ1v) is 17.8. The molecule has 264 valence electrons. The van der Waals surface area contributed by atoms with Crippen molar-refractivity contribution < 1.29 is 32.4 Å². The van der Waals surface area contributed by atoms with Crippen LogP contribution >= 0.6 is 0 Å². The van der Waals surface area contributed by atoms with Crippen LogP contribution in [-0.4, -0.2) is 91.5 Å². The quantitative estimate of drug-likeness (QED) is 0.170. The number of carbonyl (C=O) groups is 5. The van der Waals surface area contributed by atoms with Crippen LogP contribution in [0.2, 0.25) is 0 Å². The molecule has 6 atom stereocenters. The van der Waals surface area contributed by atoms with Crippen LogP contribution in [-0.2, 0) is 29.2 Å². The SMILES string of the molecule is C=C(C)[C@@H](CN(C)S(=O)(=O)c1ccccc1)NC(=O)N[C@H](C(=O)N1C[C@H]2[C@@H]([C@H]1C(=O)NC(CC1CC1)C(=O)C(N)=O)C2(C)C)C(C)(C)C. The van der Waals surface area contributed by atoms with Gasteiger partial charge in [0, 0.05) is 20.1 Å². The topological polar surface area (TPSA) is 188 Å². The van der Waals surface area contributed by atoms with Gasteiger partial charge in [0.05, 0.1) is 17.0 Å². The minimum Gasteiger partial charge on any atom is -0.363 e. The number of benzene rings is 1. The lowest BCUT2D eigenvalue weighted by molar-refractivity contribution is -0.145. The van der Waals surface area contributed by atoms with Crippen LogP contribution in [0.3, 0.4) is 0 Å². The van der Waals surface area contributed by atoms with E-state index in [1.807, 2.05) is 13.8 Å². The van der Waals surface area contributed by atoms with Crippen molar-refractivity contribution in [2.24, 2.45) is 34.3 Å². The Hall–Kier alpha value is -3.78. The van der Waals surface area contributed by atoms with Crippen molar-refractivity contribution in [2.45, 2.75) is 89.9 Å². The van der Waals surface area contributed by atoms with Crippen LogP contribution in [0, 0.1) is 28.6 Å². The van der Waals surface area contributed by atoms with Gasteiger partial charge in [-0.15, -0.1) is 0 Å². The normalized spacial score (nSPS) is 23.3. The summed E-state index contributed by atoms with van der Waals surface area (Å²) in [6.07, 6.45) is 2.11. The van der Waals surface area contributed by atoms with Gasteiger partial charge in [0.25, 0.3) is 5.91 Å². The fourth-order valence-electron chi connectivity index (χ4n) is 6.76. The van der Waals surface area contributed by atoms with Gasteiger partial charge in [0.2, 0.25) is 27.6 Å². The third kappa shape index (κ3) is 7.91. The summed E-state index contributed by atoms with van der Waals surface area (Å²) in [6.45, 7) is 15.2. The molecule has 1 aliphatic heterocycles. The molecule has 5 N–H and O–H groups in total. The van der Waals surface area contributed by atoms with Crippen molar-refractivity contribution in [3.63, 3.8) is 0 Å². The Bertz CT molecular complexity index is 1570. The van der Waals surface area contributed by atoms with E-state index in [-0.39, 0.29) is 41.2 Å². The number of carbonyl (C=O) groups excluding carboxylic acids is 5. The molecule has 2 saturated carbocycles. The molecule has 0 spiro atoms. The predicted octanol–water partition coefficient (Wildman–Crippen LogP) is 1.79. The number of urea groups is 1. The summed E-state index contributed by atoms with van der Waals surface area (Å²) in [6, 6.07) is 3.41. The zero-order valence-corrected chi connectivity index (χ0v) is 29.7. The maximum atomic E-state index is 14.3. The van der Waals surface area contributed by atoms with Crippen molar-refractivity contribution >= 4 is 39.6 Å². The number of ketones is 1. The Morgan fingerprint density at radius 1 is 1.04 bits per heavy atom. The highest BCUT2D eigenvalue weighted by atomic mass is 32.2. The highest BCUT2D eigenvalue weighted by Gasteiger charge is 2.70. The molecule has 1 aromatic carbocycles. The van der Waals surface area contributed by atoms with Gasteiger partial charge in [-0.05, 0) is 54.1 Å². The number of hydrogen-bond acceptors (Lipinski definition) is 7. The van der Waals surface area contributed by atoms with Crippen LogP contribution in [0.15, 0.2) is 47.4 Å². The summed E-state index contributed by atoms with van der Waals surface area (Å²) < 4.78 is 27.4. The molecule has 5 amide bonds. The van der Waals surface area contributed by atoms with Gasteiger partial charge < -0.3 is 26.6 Å². The molecule has 3 fully saturated rings. The van der Waals surface area contributed by atoms with Gasteiger partial charge in [-0.2, -0.15) is 4.31 Å². The average Bonchev–Trinajstić information content (AvgIpc) is 3.85. The smallest absolute Gasteiger partial charge is 0.315 e. The van der Waals surface area contributed by atoms with E-state index in [1.54, 1.807) is 45.9 Å². The van der Waals surface area contributed by atoms with E-state index in [0.29, 0.717) is 12.0 Å². The molecular weight excluding hydrogens is 636 g/mol. The second-order valence-corrected chi connectivity index (χ2v) is 17.3. The van der Waals surface area contributed by atoms with Crippen molar-refractivity contribution in [1.29, 1.82) is 0 Å². The Balaban J connectivity index is 1.50. The first kappa shape index (κ1) is 37.0. The summed E-state index contributed by atoms with van der Waals surface area (Å²) in [4.78, 5) is 67.6. The molecule has 1 saturated heterocycles. The Morgan fingerprint density at radius 3 is 2.17 bits per heavy atom. The van der Waals surface area contributed by atoms with Crippen molar-refractivity contribution in [3.8, 4) is 0 Å². The molecular formula is C34H50N6O7S. The average molecular weight is 687 g/mol. The third-order valence-corrected chi connectivity index (χ3v) is 11.9. The van der Waals surface area contributed by atoms with E-state index >= 15 is 0 Å². The molecule has 0 aromatic heterocycles. The van der Waals surface area contributed by atoms with Crippen molar-refractivity contribution in [1.82, 2.24) is 25.2 Å². The van der Waals surface area contributed by atoms with E-state index in [9.17, 15) is 32.4 Å². The molecule has 0 radical (unpaired) electrons. The number of sulfonamides is 1. The number of likely N-dealkylation sites (tertiary alicyclic amines) is 1. The van der Waals surface area contributed by atoms with Crippen LogP contribution in [0.1, 0.15) is 60.8 Å². The lowest BCUT2D eigenvalue weighted by atomic mass is 9.85.